The standard InChI is InChI=1S/C19H21NO5/c1-11(2)18(22)24-14-8-13(17(21)16-6-5-7-20-16)9-15(10-14)25-19(23)12(3)4/h5-12,20H,1-4H3. The number of hydrogen-bond acceptors (Lipinski definition) is 5. The number of ether oxygens (including phenoxy) is 2. The van der Waals surface area contributed by atoms with Gasteiger partial charge in [0, 0.05) is 17.8 Å². The molecule has 1 heterocycles. The van der Waals surface area contributed by atoms with Gasteiger partial charge in [0.25, 0.3) is 0 Å². The Labute approximate surface area is 146 Å². The van der Waals surface area contributed by atoms with Gasteiger partial charge in [0.15, 0.2) is 0 Å². The Hall–Kier alpha value is -2.89. The Morgan fingerprint density at radius 2 is 1.40 bits per heavy atom. The molecule has 0 fully saturated rings. The largest absolute Gasteiger partial charge is 0.426 e. The molecule has 2 aromatic rings. The van der Waals surface area contributed by atoms with Crippen LogP contribution < -0.4 is 9.47 Å². The van der Waals surface area contributed by atoms with Crippen molar-refractivity contribution in [3.63, 3.8) is 0 Å². The maximum atomic E-state index is 12.5. The van der Waals surface area contributed by atoms with Gasteiger partial charge in [-0.05, 0) is 24.3 Å². The van der Waals surface area contributed by atoms with Crippen molar-refractivity contribution in [1.82, 2.24) is 4.98 Å². The van der Waals surface area contributed by atoms with E-state index in [1.165, 1.54) is 18.2 Å². The Balaban J connectivity index is 2.38. The lowest BCUT2D eigenvalue weighted by Gasteiger charge is -2.12. The summed E-state index contributed by atoms with van der Waals surface area (Å²) in [6.07, 6.45) is 1.63. The smallest absolute Gasteiger partial charge is 0.313 e. The van der Waals surface area contributed by atoms with Crippen LogP contribution >= 0.6 is 0 Å². The monoisotopic (exact) mass is 343 g/mol. The first-order valence-corrected chi connectivity index (χ1v) is 8.04. The molecule has 25 heavy (non-hydrogen) atoms. The number of benzene rings is 1. The van der Waals surface area contributed by atoms with Crippen LogP contribution in [0, 0.1) is 11.8 Å². The van der Waals surface area contributed by atoms with E-state index in [1.54, 1.807) is 46.0 Å². The molecule has 0 aliphatic heterocycles. The average Bonchev–Trinajstić information content (AvgIpc) is 3.08. The zero-order chi connectivity index (χ0) is 18.6. The molecular formula is C19H21NO5. The van der Waals surface area contributed by atoms with Gasteiger partial charge in [-0.1, -0.05) is 27.7 Å². The molecule has 0 amide bonds. The van der Waals surface area contributed by atoms with Gasteiger partial charge in [-0.2, -0.15) is 0 Å². The topological polar surface area (TPSA) is 85.5 Å². The summed E-state index contributed by atoms with van der Waals surface area (Å²) in [4.78, 5) is 39.1. The van der Waals surface area contributed by atoms with Crippen LogP contribution in [0.3, 0.4) is 0 Å². The van der Waals surface area contributed by atoms with Crippen molar-refractivity contribution in [3.8, 4) is 11.5 Å². The van der Waals surface area contributed by atoms with Crippen LogP contribution in [0.5, 0.6) is 11.5 Å². The quantitative estimate of drug-likeness (QED) is 0.494. The van der Waals surface area contributed by atoms with Gasteiger partial charge >= 0.3 is 11.9 Å². The van der Waals surface area contributed by atoms with Crippen LogP contribution in [0.1, 0.15) is 43.7 Å². The SMILES string of the molecule is CC(C)C(=O)Oc1cc(OC(=O)C(C)C)cc(C(=O)c2ccc[nH]2)c1. The Morgan fingerprint density at radius 1 is 0.880 bits per heavy atom. The fourth-order valence-electron chi connectivity index (χ4n) is 1.92. The van der Waals surface area contributed by atoms with Crippen molar-refractivity contribution in [2.24, 2.45) is 11.8 Å². The van der Waals surface area contributed by atoms with Crippen molar-refractivity contribution in [1.29, 1.82) is 0 Å². The zero-order valence-electron chi connectivity index (χ0n) is 14.7. The van der Waals surface area contributed by atoms with Crippen LogP contribution in [0.2, 0.25) is 0 Å². The number of nitrogens with one attached hydrogen (secondary N) is 1. The normalized spacial score (nSPS) is 10.8. The summed E-state index contributed by atoms with van der Waals surface area (Å²) in [5.41, 5.74) is 0.636. The summed E-state index contributed by atoms with van der Waals surface area (Å²) in [7, 11) is 0. The van der Waals surface area contributed by atoms with Crippen LogP contribution in [0.15, 0.2) is 36.5 Å². The molecule has 0 spiro atoms. The predicted octanol–water partition coefficient (Wildman–Crippen LogP) is 3.37. The molecule has 1 N–H and O–H groups in total. The number of H-pyrrole nitrogens is 1. The summed E-state index contributed by atoms with van der Waals surface area (Å²) in [5, 5.41) is 0. The van der Waals surface area contributed by atoms with E-state index in [0.717, 1.165) is 0 Å². The maximum Gasteiger partial charge on any atom is 0.313 e. The zero-order valence-corrected chi connectivity index (χ0v) is 14.7. The van der Waals surface area contributed by atoms with Crippen molar-refractivity contribution in [3.05, 3.63) is 47.8 Å². The van der Waals surface area contributed by atoms with Gasteiger partial charge in [-0.3, -0.25) is 14.4 Å². The molecule has 0 saturated carbocycles. The third-order valence-electron chi connectivity index (χ3n) is 3.36. The summed E-state index contributed by atoms with van der Waals surface area (Å²) in [6, 6.07) is 7.67. The second-order valence-corrected chi connectivity index (χ2v) is 6.26. The molecule has 1 aromatic carbocycles. The highest BCUT2D eigenvalue weighted by molar-refractivity contribution is 6.08. The number of carbonyl (C=O) groups excluding carboxylic acids is 3. The molecule has 0 unspecified atom stereocenters. The number of aromatic amines is 1. The first kappa shape index (κ1) is 18.4. The van der Waals surface area contributed by atoms with Gasteiger partial charge in [0.1, 0.15) is 11.5 Å². The van der Waals surface area contributed by atoms with Gasteiger partial charge in [0.2, 0.25) is 5.78 Å². The lowest BCUT2D eigenvalue weighted by Crippen LogP contribution is -2.17. The Bertz CT molecular complexity index is 735. The number of aromatic nitrogens is 1. The van der Waals surface area contributed by atoms with Gasteiger partial charge in [0.05, 0.1) is 17.5 Å². The minimum absolute atomic E-state index is 0.155. The summed E-state index contributed by atoms with van der Waals surface area (Å²) < 4.78 is 10.5. The van der Waals surface area contributed by atoms with E-state index in [-0.39, 0.29) is 34.7 Å². The van der Waals surface area contributed by atoms with Gasteiger partial charge in [-0.15, -0.1) is 0 Å². The first-order valence-electron chi connectivity index (χ1n) is 8.04. The number of hydrogen-bond donors (Lipinski definition) is 1. The second kappa shape index (κ2) is 7.79. The lowest BCUT2D eigenvalue weighted by atomic mass is 10.1. The molecule has 0 bridgehead atoms. The van der Waals surface area contributed by atoms with Crippen LogP contribution in [0.4, 0.5) is 0 Å². The predicted molar refractivity (Wildman–Crippen MR) is 91.6 cm³/mol. The number of carbonyl (C=O) groups is 3. The van der Waals surface area contributed by atoms with E-state index < -0.39 is 11.9 Å². The van der Waals surface area contributed by atoms with Crippen LogP contribution in [-0.4, -0.2) is 22.7 Å². The van der Waals surface area contributed by atoms with Crippen molar-refractivity contribution in [2.45, 2.75) is 27.7 Å². The fraction of sp³-hybridized carbons (Fsp3) is 0.316. The highest BCUT2D eigenvalue weighted by atomic mass is 16.5. The summed E-state index contributed by atoms with van der Waals surface area (Å²) in [6.45, 7) is 6.82. The van der Waals surface area contributed by atoms with Crippen molar-refractivity contribution >= 4 is 17.7 Å². The van der Waals surface area contributed by atoms with Gasteiger partial charge in [-0.25, -0.2) is 0 Å². The van der Waals surface area contributed by atoms with Crippen molar-refractivity contribution in [2.75, 3.05) is 0 Å². The molecule has 1 aromatic heterocycles. The van der Waals surface area contributed by atoms with E-state index in [0.29, 0.717) is 5.69 Å². The number of ketones is 1. The van der Waals surface area contributed by atoms with E-state index in [2.05, 4.69) is 4.98 Å². The van der Waals surface area contributed by atoms with Crippen LogP contribution in [0.25, 0.3) is 0 Å². The molecular weight excluding hydrogens is 322 g/mol. The highest BCUT2D eigenvalue weighted by Gasteiger charge is 2.18. The maximum absolute atomic E-state index is 12.5. The molecule has 132 valence electrons. The number of esters is 2. The van der Waals surface area contributed by atoms with E-state index in [9.17, 15) is 14.4 Å². The molecule has 0 atom stereocenters. The highest BCUT2D eigenvalue weighted by Crippen LogP contribution is 2.26. The fourth-order valence-corrected chi connectivity index (χ4v) is 1.92. The van der Waals surface area contributed by atoms with Gasteiger partial charge < -0.3 is 14.5 Å². The van der Waals surface area contributed by atoms with Crippen molar-refractivity contribution < 1.29 is 23.9 Å². The summed E-state index contributed by atoms with van der Waals surface area (Å²) >= 11 is 0. The Kier molecular flexibility index (Phi) is 5.75. The lowest BCUT2D eigenvalue weighted by molar-refractivity contribution is -0.138. The molecule has 0 aliphatic carbocycles. The molecule has 0 radical (unpaired) electrons. The molecule has 2 rings (SSSR count). The Morgan fingerprint density at radius 3 is 1.80 bits per heavy atom. The minimum Gasteiger partial charge on any atom is -0.426 e. The van der Waals surface area contributed by atoms with Crippen LogP contribution in [-0.2, 0) is 9.59 Å². The number of rotatable bonds is 6. The third-order valence-corrected chi connectivity index (χ3v) is 3.36. The molecule has 6 nitrogen and oxygen atoms in total. The minimum atomic E-state index is -0.439. The summed E-state index contributed by atoms with van der Waals surface area (Å²) in [5.74, 6) is -1.52. The third kappa shape index (κ3) is 4.79. The molecule has 0 aliphatic rings. The first-order chi connectivity index (χ1) is 11.8. The van der Waals surface area contributed by atoms with E-state index >= 15 is 0 Å². The second-order valence-electron chi connectivity index (χ2n) is 6.26. The molecule has 6 heteroatoms. The molecule has 0 saturated heterocycles. The van der Waals surface area contributed by atoms with E-state index in [4.69, 9.17) is 9.47 Å². The van der Waals surface area contributed by atoms with E-state index in [1.807, 2.05) is 0 Å². The average molecular weight is 343 g/mol.